The molecule has 5 heteroatoms. The number of carbonyl (C=O) groups excluding carboxylic acids is 1. The van der Waals surface area contributed by atoms with Crippen molar-refractivity contribution in [1.82, 2.24) is 14.9 Å². The lowest BCUT2D eigenvalue weighted by molar-refractivity contribution is 0.0754. The van der Waals surface area contributed by atoms with E-state index in [1.807, 2.05) is 11.0 Å². The second kappa shape index (κ2) is 8.10. The van der Waals surface area contributed by atoms with Gasteiger partial charge in [0, 0.05) is 37.7 Å². The van der Waals surface area contributed by atoms with Crippen molar-refractivity contribution in [2.45, 2.75) is 39.5 Å². The molecule has 25 heavy (non-hydrogen) atoms. The molecule has 0 bridgehead atoms. The number of fused-ring (bicyclic) bond motifs is 1. The number of amides is 1. The summed E-state index contributed by atoms with van der Waals surface area (Å²) in [6, 6.07) is 8.39. The van der Waals surface area contributed by atoms with Crippen LogP contribution in [0.2, 0.25) is 0 Å². The van der Waals surface area contributed by atoms with Crippen molar-refractivity contribution in [3.05, 3.63) is 47.8 Å². The lowest BCUT2D eigenvalue weighted by Crippen LogP contribution is -2.33. The minimum absolute atomic E-state index is 0.0225. The van der Waals surface area contributed by atoms with Gasteiger partial charge < -0.3 is 9.80 Å². The smallest absolute Gasteiger partial charge is 0.256 e. The van der Waals surface area contributed by atoms with Gasteiger partial charge in [0.2, 0.25) is 5.95 Å². The summed E-state index contributed by atoms with van der Waals surface area (Å²) < 4.78 is 0. The molecule has 2 aromatic rings. The molecule has 132 valence electrons. The van der Waals surface area contributed by atoms with Crippen LogP contribution in [0.1, 0.15) is 49.0 Å². The van der Waals surface area contributed by atoms with Crippen LogP contribution in [0.3, 0.4) is 0 Å². The molecule has 1 aromatic heterocycles. The van der Waals surface area contributed by atoms with Crippen molar-refractivity contribution in [2.75, 3.05) is 24.5 Å². The summed E-state index contributed by atoms with van der Waals surface area (Å²) in [6.45, 7) is 6.62. The maximum absolute atomic E-state index is 12.6. The molecule has 1 aliphatic heterocycles. The number of aromatic nitrogens is 2. The first-order valence-corrected chi connectivity index (χ1v) is 9.21. The van der Waals surface area contributed by atoms with E-state index >= 15 is 0 Å². The van der Waals surface area contributed by atoms with Gasteiger partial charge in [-0.25, -0.2) is 9.97 Å². The van der Waals surface area contributed by atoms with E-state index in [1.165, 1.54) is 11.3 Å². The first-order valence-electron chi connectivity index (χ1n) is 9.21. The molecule has 0 saturated heterocycles. The largest absolute Gasteiger partial charge is 0.339 e. The minimum atomic E-state index is 0.0225. The summed E-state index contributed by atoms with van der Waals surface area (Å²) in [5.41, 5.74) is 3.07. The lowest BCUT2D eigenvalue weighted by Gasteiger charge is -2.29. The van der Waals surface area contributed by atoms with Crippen LogP contribution < -0.4 is 4.90 Å². The molecule has 1 aliphatic rings. The normalized spacial score (nSPS) is 13.4. The average Bonchev–Trinajstić information content (AvgIpc) is 2.67. The predicted molar refractivity (Wildman–Crippen MR) is 100 cm³/mol. The molecular formula is C20H26N4O. The van der Waals surface area contributed by atoms with Crippen molar-refractivity contribution in [1.29, 1.82) is 0 Å². The fourth-order valence-corrected chi connectivity index (χ4v) is 3.35. The van der Waals surface area contributed by atoms with Gasteiger partial charge in [-0.2, -0.15) is 0 Å². The van der Waals surface area contributed by atoms with Crippen molar-refractivity contribution in [2.24, 2.45) is 0 Å². The Hall–Kier alpha value is -2.43. The van der Waals surface area contributed by atoms with Gasteiger partial charge in [0.05, 0.1) is 5.56 Å². The van der Waals surface area contributed by atoms with Gasteiger partial charge >= 0.3 is 0 Å². The topological polar surface area (TPSA) is 49.3 Å². The number of nitrogens with zero attached hydrogens (tertiary/aromatic N) is 4. The summed E-state index contributed by atoms with van der Waals surface area (Å²) in [5, 5.41) is 0. The van der Waals surface area contributed by atoms with Gasteiger partial charge in [-0.3, -0.25) is 4.79 Å². The number of carbonyl (C=O) groups is 1. The molecule has 0 spiro atoms. The fraction of sp³-hybridized carbons (Fsp3) is 0.450. The molecule has 5 nitrogen and oxygen atoms in total. The second-order valence-corrected chi connectivity index (χ2v) is 6.45. The second-order valence-electron chi connectivity index (χ2n) is 6.45. The summed E-state index contributed by atoms with van der Waals surface area (Å²) in [4.78, 5) is 25.7. The Balaban J connectivity index is 1.80. The molecule has 0 atom stereocenters. The van der Waals surface area contributed by atoms with E-state index in [0.29, 0.717) is 11.5 Å². The highest BCUT2D eigenvalue weighted by atomic mass is 16.2. The number of anilines is 2. The van der Waals surface area contributed by atoms with E-state index in [-0.39, 0.29) is 5.91 Å². The molecule has 0 aliphatic carbocycles. The number of hydrogen-bond donors (Lipinski definition) is 0. The van der Waals surface area contributed by atoms with Crippen LogP contribution in [0.5, 0.6) is 0 Å². The molecule has 2 heterocycles. The number of rotatable bonds is 6. The zero-order chi connectivity index (χ0) is 17.6. The van der Waals surface area contributed by atoms with Crippen LogP contribution in [-0.2, 0) is 6.42 Å². The maximum Gasteiger partial charge on any atom is 0.256 e. The van der Waals surface area contributed by atoms with Gasteiger partial charge in [-0.1, -0.05) is 32.0 Å². The van der Waals surface area contributed by atoms with Gasteiger partial charge in [-0.15, -0.1) is 0 Å². The summed E-state index contributed by atoms with van der Waals surface area (Å²) >= 11 is 0. The molecule has 3 rings (SSSR count). The lowest BCUT2D eigenvalue weighted by atomic mass is 10.0. The Morgan fingerprint density at radius 1 is 1.12 bits per heavy atom. The van der Waals surface area contributed by atoms with E-state index in [1.54, 1.807) is 12.4 Å². The molecule has 0 fully saturated rings. The summed E-state index contributed by atoms with van der Waals surface area (Å²) in [6.07, 6.45) is 7.42. The molecule has 0 unspecified atom stereocenters. The van der Waals surface area contributed by atoms with Gasteiger partial charge in [0.15, 0.2) is 0 Å². The Bertz CT molecular complexity index is 708. The molecule has 0 saturated carbocycles. The summed E-state index contributed by atoms with van der Waals surface area (Å²) in [7, 11) is 0. The molecular weight excluding hydrogens is 312 g/mol. The molecule has 0 radical (unpaired) electrons. The van der Waals surface area contributed by atoms with Crippen LogP contribution in [0.4, 0.5) is 11.6 Å². The molecule has 1 aromatic carbocycles. The Labute approximate surface area is 149 Å². The monoisotopic (exact) mass is 338 g/mol. The van der Waals surface area contributed by atoms with Crippen molar-refractivity contribution in [3.63, 3.8) is 0 Å². The van der Waals surface area contributed by atoms with E-state index in [2.05, 4.69) is 46.9 Å². The number of benzene rings is 1. The number of para-hydroxylation sites is 1. The highest BCUT2D eigenvalue weighted by Crippen LogP contribution is 2.31. The Morgan fingerprint density at radius 3 is 2.48 bits per heavy atom. The maximum atomic E-state index is 12.6. The number of aryl methyl sites for hydroxylation is 1. The van der Waals surface area contributed by atoms with E-state index in [9.17, 15) is 4.79 Å². The van der Waals surface area contributed by atoms with Crippen LogP contribution in [0.15, 0.2) is 36.7 Å². The van der Waals surface area contributed by atoms with E-state index < -0.39 is 0 Å². The fourth-order valence-electron chi connectivity index (χ4n) is 3.35. The van der Waals surface area contributed by atoms with Gasteiger partial charge in [0.1, 0.15) is 0 Å². The quantitative estimate of drug-likeness (QED) is 0.803. The minimum Gasteiger partial charge on any atom is -0.339 e. The van der Waals surface area contributed by atoms with Crippen LogP contribution in [0, 0.1) is 0 Å². The van der Waals surface area contributed by atoms with E-state index in [4.69, 9.17) is 0 Å². The van der Waals surface area contributed by atoms with Gasteiger partial charge in [-0.05, 0) is 37.3 Å². The van der Waals surface area contributed by atoms with Gasteiger partial charge in [0.25, 0.3) is 5.91 Å². The van der Waals surface area contributed by atoms with Crippen LogP contribution >= 0.6 is 0 Å². The predicted octanol–water partition coefficient (Wildman–Crippen LogP) is 3.82. The summed E-state index contributed by atoms with van der Waals surface area (Å²) in [5.74, 6) is 0.690. The van der Waals surface area contributed by atoms with Crippen LogP contribution in [0.25, 0.3) is 0 Å². The third-order valence-electron chi connectivity index (χ3n) is 4.51. The molecule has 0 N–H and O–H groups in total. The van der Waals surface area contributed by atoms with Crippen molar-refractivity contribution < 1.29 is 4.79 Å². The SMILES string of the molecule is CCCN(CCC)C(=O)c1cnc(N2CCCc3ccccc32)nc1. The molecule has 1 amide bonds. The highest BCUT2D eigenvalue weighted by Gasteiger charge is 2.21. The van der Waals surface area contributed by atoms with Crippen molar-refractivity contribution in [3.8, 4) is 0 Å². The highest BCUT2D eigenvalue weighted by molar-refractivity contribution is 5.93. The first kappa shape index (κ1) is 17.4. The number of hydrogen-bond acceptors (Lipinski definition) is 4. The zero-order valence-corrected chi connectivity index (χ0v) is 15.1. The Kier molecular flexibility index (Phi) is 5.64. The zero-order valence-electron chi connectivity index (χ0n) is 15.1. The third-order valence-corrected chi connectivity index (χ3v) is 4.51. The average molecular weight is 338 g/mol. The Morgan fingerprint density at radius 2 is 1.80 bits per heavy atom. The first-order chi connectivity index (χ1) is 12.2. The van der Waals surface area contributed by atoms with E-state index in [0.717, 1.165) is 45.3 Å². The third kappa shape index (κ3) is 3.81. The van der Waals surface area contributed by atoms with Crippen molar-refractivity contribution >= 4 is 17.5 Å². The standard InChI is InChI=1S/C20H26N4O/c1-3-11-23(12-4-2)19(25)17-14-21-20(22-15-17)24-13-7-9-16-8-5-6-10-18(16)24/h5-6,8,10,14-15H,3-4,7,9,11-13H2,1-2H3. The van der Waals surface area contributed by atoms with Crippen LogP contribution in [-0.4, -0.2) is 40.4 Å².